The zero-order chi connectivity index (χ0) is 15.6. The van der Waals surface area contributed by atoms with Crippen LogP contribution in [0.25, 0.3) is 0 Å². The maximum atomic E-state index is 12.3. The Morgan fingerprint density at radius 2 is 2.05 bits per heavy atom. The van der Waals surface area contributed by atoms with Crippen LogP contribution in [0.2, 0.25) is 10.0 Å². The lowest BCUT2D eigenvalue weighted by atomic mass is 10.2. The van der Waals surface area contributed by atoms with Gasteiger partial charge in [-0.1, -0.05) is 23.2 Å². The second-order valence-corrected chi connectivity index (χ2v) is 7.69. The summed E-state index contributed by atoms with van der Waals surface area (Å²) in [5.41, 5.74) is 0.291. The third-order valence-corrected chi connectivity index (χ3v) is 5.73. The van der Waals surface area contributed by atoms with Crippen LogP contribution >= 0.6 is 23.2 Å². The summed E-state index contributed by atoms with van der Waals surface area (Å²) >= 11 is 11.9. The van der Waals surface area contributed by atoms with E-state index in [4.69, 9.17) is 23.2 Å². The zero-order valence-electron chi connectivity index (χ0n) is 11.6. The number of nitrogens with one attached hydrogen (secondary N) is 1. The largest absolute Gasteiger partial charge is 0.392 e. The van der Waals surface area contributed by atoms with Gasteiger partial charge in [0, 0.05) is 24.2 Å². The van der Waals surface area contributed by atoms with E-state index < -0.39 is 10.0 Å². The van der Waals surface area contributed by atoms with E-state index in [9.17, 15) is 13.5 Å². The molecule has 0 heterocycles. The Labute approximate surface area is 134 Å². The Balaban J connectivity index is 2.09. The molecule has 5 nitrogen and oxygen atoms in total. The number of sulfonamides is 1. The summed E-state index contributed by atoms with van der Waals surface area (Å²) in [7, 11) is -1.78. The van der Waals surface area contributed by atoms with Crippen LogP contribution in [0, 0.1) is 0 Å². The number of aliphatic hydroxyl groups excluding tert-OH is 1. The molecule has 0 unspecified atom stereocenters. The van der Waals surface area contributed by atoms with Crippen molar-refractivity contribution in [3.05, 3.63) is 27.7 Å². The first-order chi connectivity index (χ1) is 9.85. The Hall–Kier alpha value is -0.370. The van der Waals surface area contributed by atoms with Crippen molar-refractivity contribution in [3.63, 3.8) is 0 Å². The summed E-state index contributed by atoms with van der Waals surface area (Å²) in [5, 5.41) is 9.41. The fourth-order valence-corrected chi connectivity index (χ4v) is 4.00. The summed E-state index contributed by atoms with van der Waals surface area (Å²) in [6.45, 7) is 0.563. The van der Waals surface area contributed by atoms with Crippen molar-refractivity contribution >= 4 is 33.2 Å². The van der Waals surface area contributed by atoms with E-state index in [1.165, 1.54) is 25.0 Å². The van der Waals surface area contributed by atoms with E-state index in [-0.39, 0.29) is 21.5 Å². The van der Waals surface area contributed by atoms with Gasteiger partial charge in [-0.2, -0.15) is 0 Å². The van der Waals surface area contributed by atoms with E-state index in [1.807, 2.05) is 7.05 Å². The highest BCUT2D eigenvalue weighted by atomic mass is 35.5. The van der Waals surface area contributed by atoms with Crippen LogP contribution in [0.4, 0.5) is 0 Å². The smallest absolute Gasteiger partial charge is 0.242 e. The molecule has 1 aromatic rings. The van der Waals surface area contributed by atoms with Crippen LogP contribution in [0.15, 0.2) is 17.0 Å². The normalized spacial score (nSPS) is 15.7. The number of rotatable bonds is 7. The van der Waals surface area contributed by atoms with Crippen molar-refractivity contribution in [2.24, 2.45) is 0 Å². The molecular weight excluding hydrogens is 335 g/mol. The molecule has 0 atom stereocenters. The fraction of sp³-hybridized carbons (Fsp3) is 0.538. The summed E-state index contributed by atoms with van der Waals surface area (Å²) < 4.78 is 27.1. The molecule has 0 radical (unpaired) electrons. The average Bonchev–Trinajstić information content (AvgIpc) is 3.24. The van der Waals surface area contributed by atoms with E-state index >= 15 is 0 Å². The van der Waals surface area contributed by atoms with Gasteiger partial charge in [0.1, 0.15) is 4.90 Å². The maximum absolute atomic E-state index is 12.3. The predicted molar refractivity (Wildman–Crippen MR) is 83.2 cm³/mol. The highest BCUT2D eigenvalue weighted by Crippen LogP contribution is 2.29. The Kier molecular flexibility index (Phi) is 5.51. The Bertz CT molecular complexity index is 618. The minimum Gasteiger partial charge on any atom is -0.392 e. The molecule has 1 aliphatic carbocycles. The fourth-order valence-electron chi connectivity index (χ4n) is 2.06. The first kappa shape index (κ1) is 17.0. The lowest BCUT2D eigenvalue weighted by Crippen LogP contribution is -2.34. The number of halogens is 2. The van der Waals surface area contributed by atoms with E-state index in [2.05, 4.69) is 9.62 Å². The molecule has 0 amide bonds. The molecule has 1 fully saturated rings. The molecule has 0 aliphatic heterocycles. The molecule has 118 valence electrons. The minimum atomic E-state index is -3.75. The number of aliphatic hydroxyl groups is 1. The number of hydrogen-bond donors (Lipinski definition) is 2. The van der Waals surface area contributed by atoms with Gasteiger partial charge < -0.3 is 10.0 Å². The monoisotopic (exact) mass is 352 g/mol. The molecule has 0 saturated heterocycles. The number of hydrogen-bond acceptors (Lipinski definition) is 4. The van der Waals surface area contributed by atoms with Gasteiger partial charge in [0.2, 0.25) is 10.0 Å². The lowest BCUT2D eigenvalue weighted by molar-refractivity contribution is 0.281. The van der Waals surface area contributed by atoms with Crippen molar-refractivity contribution < 1.29 is 13.5 Å². The molecule has 0 bridgehead atoms. The molecule has 21 heavy (non-hydrogen) atoms. The molecule has 2 N–H and O–H groups in total. The standard InChI is InChI=1S/C13H18Cl2N2O3S/c1-17(11-2-3-11)5-4-16-21(19,20)12-7-10(14)6-9(8-18)13(12)15/h6-7,11,16,18H,2-5,8H2,1H3. The van der Waals surface area contributed by atoms with Gasteiger partial charge in [-0.3, -0.25) is 0 Å². The summed E-state index contributed by atoms with van der Waals surface area (Å²) in [6.07, 6.45) is 2.34. The SMILES string of the molecule is CN(CCNS(=O)(=O)c1cc(Cl)cc(CO)c1Cl)C1CC1. The molecule has 1 aliphatic rings. The topological polar surface area (TPSA) is 69.6 Å². The van der Waals surface area contributed by atoms with Gasteiger partial charge in [-0.05, 0) is 37.6 Å². The van der Waals surface area contributed by atoms with Crippen LogP contribution in [0.5, 0.6) is 0 Å². The van der Waals surface area contributed by atoms with Gasteiger partial charge >= 0.3 is 0 Å². The van der Waals surface area contributed by atoms with Gasteiger partial charge in [0.25, 0.3) is 0 Å². The maximum Gasteiger partial charge on any atom is 0.242 e. The van der Waals surface area contributed by atoms with Crippen molar-refractivity contribution in [3.8, 4) is 0 Å². The second kappa shape index (κ2) is 6.81. The minimum absolute atomic E-state index is 0.00458. The highest BCUT2D eigenvalue weighted by molar-refractivity contribution is 7.89. The van der Waals surface area contributed by atoms with Crippen LogP contribution in [-0.4, -0.2) is 44.6 Å². The molecule has 2 rings (SSSR count). The van der Waals surface area contributed by atoms with E-state index in [0.29, 0.717) is 24.7 Å². The van der Waals surface area contributed by atoms with Crippen LogP contribution in [0.1, 0.15) is 18.4 Å². The number of likely N-dealkylation sites (N-methyl/N-ethyl adjacent to an activating group) is 1. The molecule has 0 spiro atoms. The first-order valence-electron chi connectivity index (χ1n) is 6.64. The molecule has 1 saturated carbocycles. The molecule has 8 heteroatoms. The van der Waals surface area contributed by atoms with Crippen LogP contribution < -0.4 is 4.72 Å². The molecule has 0 aromatic heterocycles. The Morgan fingerprint density at radius 3 is 2.62 bits per heavy atom. The van der Waals surface area contributed by atoms with E-state index in [1.54, 1.807) is 0 Å². The van der Waals surface area contributed by atoms with Gasteiger partial charge in [0.05, 0.1) is 11.6 Å². The highest BCUT2D eigenvalue weighted by Gasteiger charge is 2.26. The van der Waals surface area contributed by atoms with Crippen molar-refractivity contribution in [2.75, 3.05) is 20.1 Å². The van der Waals surface area contributed by atoms with Crippen LogP contribution in [-0.2, 0) is 16.6 Å². The lowest BCUT2D eigenvalue weighted by Gasteiger charge is -2.16. The second-order valence-electron chi connectivity index (χ2n) is 5.14. The molecular formula is C13H18Cl2N2O3S. The zero-order valence-corrected chi connectivity index (χ0v) is 14.0. The first-order valence-corrected chi connectivity index (χ1v) is 8.87. The van der Waals surface area contributed by atoms with Gasteiger partial charge in [0.15, 0.2) is 0 Å². The Morgan fingerprint density at radius 1 is 1.38 bits per heavy atom. The number of benzene rings is 1. The van der Waals surface area contributed by atoms with Crippen molar-refractivity contribution in [1.82, 2.24) is 9.62 Å². The third kappa shape index (κ3) is 4.31. The van der Waals surface area contributed by atoms with Crippen molar-refractivity contribution in [2.45, 2.75) is 30.4 Å². The predicted octanol–water partition coefficient (Wildman–Crippen LogP) is 1.86. The quantitative estimate of drug-likeness (QED) is 0.785. The van der Waals surface area contributed by atoms with Crippen molar-refractivity contribution in [1.29, 1.82) is 0 Å². The summed E-state index contributed by atoms with van der Waals surface area (Å²) in [6, 6.07) is 3.31. The summed E-state index contributed by atoms with van der Waals surface area (Å²) in [5.74, 6) is 0. The van der Waals surface area contributed by atoms with Gasteiger partial charge in [-0.15, -0.1) is 0 Å². The van der Waals surface area contributed by atoms with Crippen LogP contribution in [0.3, 0.4) is 0 Å². The molecule has 1 aromatic carbocycles. The van der Waals surface area contributed by atoms with E-state index in [0.717, 1.165) is 0 Å². The van der Waals surface area contributed by atoms with Gasteiger partial charge in [-0.25, -0.2) is 13.1 Å². The average molecular weight is 353 g/mol. The summed E-state index contributed by atoms with van der Waals surface area (Å²) in [4.78, 5) is 2.02. The number of nitrogens with zero attached hydrogens (tertiary/aromatic N) is 1. The third-order valence-electron chi connectivity index (χ3n) is 3.47.